The Morgan fingerprint density at radius 2 is 1.45 bits per heavy atom. The van der Waals surface area contributed by atoms with Gasteiger partial charge in [0.15, 0.2) is 0 Å². The lowest BCUT2D eigenvalue weighted by molar-refractivity contribution is 0.0563. The number of nitrogens with zero attached hydrogens (tertiary/aromatic N) is 2. The molecule has 1 saturated carbocycles. The fraction of sp³-hybridized carbons (Fsp3) is 0.632. The fourth-order valence-electron chi connectivity index (χ4n) is 7.83. The van der Waals surface area contributed by atoms with Crippen molar-refractivity contribution in [3.63, 3.8) is 0 Å². The molecule has 0 bridgehead atoms. The number of piperazine rings is 1. The molecule has 1 atom stereocenters. The summed E-state index contributed by atoms with van der Waals surface area (Å²) in [7, 11) is 1.40. The summed E-state index contributed by atoms with van der Waals surface area (Å²) in [5, 5.41) is 6.79. The lowest BCUT2D eigenvalue weighted by atomic mass is 9.68. The Morgan fingerprint density at radius 3 is 2.08 bits per heavy atom. The van der Waals surface area contributed by atoms with Crippen molar-refractivity contribution in [2.75, 3.05) is 64.4 Å². The maximum atomic E-state index is 13.9. The van der Waals surface area contributed by atoms with Crippen LogP contribution in [0.4, 0.5) is 5.69 Å². The first-order chi connectivity index (χ1) is 22.7. The molecule has 0 radical (unpaired) electrons. The second-order valence-corrected chi connectivity index (χ2v) is 14.9. The van der Waals surface area contributed by atoms with Gasteiger partial charge in [0.2, 0.25) is 0 Å². The zero-order chi connectivity index (χ0) is 33.0. The van der Waals surface area contributed by atoms with Crippen molar-refractivity contribution < 1.29 is 23.8 Å². The summed E-state index contributed by atoms with van der Waals surface area (Å²) in [5.74, 6) is 2.30. The van der Waals surface area contributed by atoms with Gasteiger partial charge >= 0.3 is 5.97 Å². The number of esters is 1. The molecule has 1 aliphatic carbocycles. The topological polar surface area (TPSA) is 92.4 Å². The molecule has 0 aromatic heterocycles. The average molecular weight is 720 g/mol. The molecule has 0 spiro atoms. The third kappa shape index (κ3) is 9.54. The minimum Gasteiger partial charge on any atom is -0.489 e. The number of methoxy groups -OCH3 is 1. The number of piperidine rings is 1. The van der Waals surface area contributed by atoms with E-state index in [0.29, 0.717) is 48.6 Å². The van der Waals surface area contributed by atoms with E-state index in [1.165, 1.54) is 25.5 Å². The van der Waals surface area contributed by atoms with E-state index >= 15 is 0 Å². The van der Waals surface area contributed by atoms with Crippen LogP contribution in [0.5, 0.6) is 11.5 Å². The van der Waals surface area contributed by atoms with Gasteiger partial charge in [-0.25, -0.2) is 4.79 Å². The highest BCUT2D eigenvalue weighted by Gasteiger charge is 2.33. The fourth-order valence-corrected chi connectivity index (χ4v) is 7.83. The number of benzene rings is 2. The summed E-state index contributed by atoms with van der Waals surface area (Å²) in [6.07, 6.45) is 7.17. The molecule has 4 aliphatic rings. The van der Waals surface area contributed by atoms with E-state index in [0.717, 1.165) is 81.4 Å². The number of anilines is 1. The van der Waals surface area contributed by atoms with Gasteiger partial charge in [-0.1, -0.05) is 20.8 Å². The van der Waals surface area contributed by atoms with Gasteiger partial charge in [0.25, 0.3) is 5.91 Å². The number of carbonyl (C=O) groups is 2. The number of carbonyl (C=O) groups excluding carboxylic acids is 2. The van der Waals surface area contributed by atoms with E-state index in [2.05, 4.69) is 42.4 Å². The van der Waals surface area contributed by atoms with Crippen LogP contribution in [-0.4, -0.2) is 88.5 Å². The van der Waals surface area contributed by atoms with Gasteiger partial charge in [0.05, 0.1) is 7.11 Å². The number of hydrogen-bond acceptors (Lipinski definition) is 8. The van der Waals surface area contributed by atoms with Crippen LogP contribution in [0.15, 0.2) is 36.4 Å². The van der Waals surface area contributed by atoms with E-state index in [-0.39, 0.29) is 42.9 Å². The van der Waals surface area contributed by atoms with Crippen molar-refractivity contribution in [3.05, 3.63) is 53.1 Å². The van der Waals surface area contributed by atoms with E-state index in [1.54, 1.807) is 6.07 Å². The SMILES string of the molecule is COC(=O)c1ccc(N2CCNCC2)cc1OC1CCN(C(=O)c2ccc(O[C@H]3CCNC3)c(C3CCC(C(C)(C)C)CC3)c2)CC1.Cl.Cl. The molecule has 6 rings (SSSR count). The molecular weight excluding hydrogens is 663 g/mol. The highest BCUT2D eigenvalue weighted by atomic mass is 35.5. The molecule has 2 aromatic rings. The lowest BCUT2D eigenvalue weighted by Gasteiger charge is -2.37. The number of hydrogen-bond donors (Lipinski definition) is 2. The molecule has 9 nitrogen and oxygen atoms in total. The summed E-state index contributed by atoms with van der Waals surface area (Å²) >= 11 is 0. The van der Waals surface area contributed by atoms with Crippen molar-refractivity contribution in [2.24, 2.45) is 11.3 Å². The number of halogens is 2. The number of amides is 1. The van der Waals surface area contributed by atoms with Gasteiger partial charge in [-0.3, -0.25) is 4.79 Å². The van der Waals surface area contributed by atoms with E-state index in [4.69, 9.17) is 14.2 Å². The van der Waals surface area contributed by atoms with Crippen LogP contribution in [-0.2, 0) is 4.74 Å². The van der Waals surface area contributed by atoms with E-state index in [9.17, 15) is 9.59 Å². The van der Waals surface area contributed by atoms with Crippen LogP contribution >= 0.6 is 24.8 Å². The average Bonchev–Trinajstić information content (AvgIpc) is 3.61. The van der Waals surface area contributed by atoms with Gasteiger partial charge in [-0.05, 0) is 91.8 Å². The second-order valence-electron chi connectivity index (χ2n) is 14.9. The predicted octanol–water partition coefficient (Wildman–Crippen LogP) is 6.47. The van der Waals surface area contributed by atoms with Crippen molar-refractivity contribution >= 4 is 42.4 Å². The van der Waals surface area contributed by atoms with Gasteiger partial charge in [-0.15, -0.1) is 24.8 Å². The predicted molar refractivity (Wildman–Crippen MR) is 199 cm³/mol. The number of ether oxygens (including phenoxy) is 3. The largest absolute Gasteiger partial charge is 0.489 e. The zero-order valence-electron chi connectivity index (χ0n) is 29.6. The first-order valence-corrected chi connectivity index (χ1v) is 17.8. The third-order valence-electron chi connectivity index (χ3n) is 10.8. The van der Waals surface area contributed by atoms with Crippen molar-refractivity contribution in [3.8, 4) is 11.5 Å². The Kier molecular flexibility index (Phi) is 13.9. The summed E-state index contributed by atoms with van der Waals surface area (Å²) in [4.78, 5) is 30.8. The van der Waals surface area contributed by atoms with Crippen LogP contribution in [0.3, 0.4) is 0 Å². The summed E-state index contributed by atoms with van der Waals surface area (Å²) in [6.45, 7) is 13.8. The van der Waals surface area contributed by atoms with E-state index in [1.807, 2.05) is 29.2 Å². The molecule has 2 aromatic carbocycles. The Balaban J connectivity index is 0.00000270. The van der Waals surface area contributed by atoms with Crippen molar-refractivity contribution in [2.45, 2.75) is 83.8 Å². The highest BCUT2D eigenvalue weighted by molar-refractivity contribution is 5.95. The molecule has 3 saturated heterocycles. The van der Waals surface area contributed by atoms with Crippen LogP contribution in [0.2, 0.25) is 0 Å². The molecule has 272 valence electrons. The molecule has 0 unspecified atom stereocenters. The molecule has 3 heterocycles. The maximum Gasteiger partial charge on any atom is 0.341 e. The minimum atomic E-state index is -0.404. The zero-order valence-corrected chi connectivity index (χ0v) is 31.3. The highest BCUT2D eigenvalue weighted by Crippen LogP contribution is 2.45. The Morgan fingerprint density at radius 1 is 0.755 bits per heavy atom. The van der Waals surface area contributed by atoms with E-state index < -0.39 is 5.97 Å². The summed E-state index contributed by atoms with van der Waals surface area (Å²) in [6, 6.07) is 11.9. The summed E-state index contributed by atoms with van der Waals surface area (Å²) in [5.41, 5.74) is 3.74. The number of nitrogens with one attached hydrogen (secondary N) is 2. The molecular formula is C38H56Cl2N4O5. The van der Waals surface area contributed by atoms with Crippen LogP contribution in [0.1, 0.15) is 97.9 Å². The van der Waals surface area contributed by atoms with Gasteiger partial charge in [0.1, 0.15) is 29.3 Å². The Labute approximate surface area is 305 Å². The van der Waals surface area contributed by atoms with Gasteiger partial charge in [-0.2, -0.15) is 0 Å². The van der Waals surface area contributed by atoms with Crippen LogP contribution < -0.4 is 25.0 Å². The second kappa shape index (κ2) is 17.5. The quantitative estimate of drug-likeness (QED) is 0.300. The van der Waals surface area contributed by atoms with Crippen LogP contribution in [0, 0.1) is 11.3 Å². The normalized spacial score (nSPS) is 23.2. The van der Waals surface area contributed by atoms with Gasteiger partial charge in [0, 0.05) is 76.0 Å². The molecule has 2 N–H and O–H groups in total. The maximum absolute atomic E-state index is 13.9. The molecule has 1 amide bonds. The Bertz CT molecular complexity index is 1390. The Hall–Kier alpha value is -2.72. The summed E-state index contributed by atoms with van der Waals surface area (Å²) < 4.78 is 18.1. The molecule has 11 heteroatoms. The molecule has 4 fully saturated rings. The monoisotopic (exact) mass is 718 g/mol. The first-order valence-electron chi connectivity index (χ1n) is 17.8. The third-order valence-corrected chi connectivity index (χ3v) is 10.8. The smallest absolute Gasteiger partial charge is 0.341 e. The lowest BCUT2D eigenvalue weighted by Crippen LogP contribution is -2.43. The van der Waals surface area contributed by atoms with Gasteiger partial charge < -0.3 is 34.6 Å². The standard InChI is InChI=1S/C38H54N4O5.2ClH/c1-38(2,3)28-8-5-26(6-9-28)33-23-27(7-12-34(33)47-31-13-16-40-25-31)36(43)42-19-14-30(15-20-42)46-35-24-29(41-21-17-39-18-22-41)10-11-32(35)37(44)45-4;;/h7,10-12,23-24,26,28,30-31,39-40H,5-6,8-9,13-22,25H2,1-4H3;2*1H/t26?,28?,31-;;/m0../s1. The first kappa shape index (κ1) is 39.1. The van der Waals surface area contributed by atoms with Crippen molar-refractivity contribution in [1.82, 2.24) is 15.5 Å². The van der Waals surface area contributed by atoms with Crippen molar-refractivity contribution in [1.29, 1.82) is 0 Å². The number of rotatable bonds is 8. The van der Waals surface area contributed by atoms with Crippen LogP contribution in [0.25, 0.3) is 0 Å². The number of likely N-dealkylation sites (tertiary alicyclic amines) is 1. The minimum absolute atomic E-state index is 0. The molecule has 3 aliphatic heterocycles. The molecule has 49 heavy (non-hydrogen) atoms.